The fourth-order valence-corrected chi connectivity index (χ4v) is 6.91. The highest BCUT2D eigenvalue weighted by Gasteiger charge is 2.34. The van der Waals surface area contributed by atoms with E-state index in [1.165, 1.54) is 0 Å². The Kier molecular flexibility index (Phi) is 10.7. The molecule has 11 nitrogen and oxygen atoms in total. The molecule has 0 aliphatic heterocycles. The molecule has 1 aromatic rings. The van der Waals surface area contributed by atoms with Crippen molar-refractivity contribution in [1.29, 1.82) is 0 Å². The van der Waals surface area contributed by atoms with E-state index in [0.717, 1.165) is 34.6 Å². The van der Waals surface area contributed by atoms with Crippen LogP contribution < -0.4 is 10.1 Å². The Hall–Kier alpha value is -1.57. The van der Waals surface area contributed by atoms with Crippen molar-refractivity contribution in [3.05, 3.63) is 16.3 Å². The zero-order valence-corrected chi connectivity index (χ0v) is 23.9. The third kappa shape index (κ3) is 6.96. The molecule has 0 atom stereocenters. The van der Waals surface area contributed by atoms with Crippen LogP contribution in [0.1, 0.15) is 45.0 Å². The van der Waals surface area contributed by atoms with E-state index < -0.39 is 42.1 Å². The topological polar surface area (TPSA) is 137 Å². The molecule has 0 heterocycles. The normalized spacial score (nSPS) is 10.1. The van der Waals surface area contributed by atoms with Gasteiger partial charge in [-0.15, -0.1) is 10.1 Å². The number of anilines is 2. The van der Waals surface area contributed by atoms with E-state index in [2.05, 4.69) is 0 Å². The van der Waals surface area contributed by atoms with E-state index in [0.29, 0.717) is 10.1 Å². The first-order chi connectivity index (χ1) is 14.7. The van der Waals surface area contributed by atoms with Crippen LogP contribution in [-0.2, 0) is 38.4 Å². The van der Waals surface area contributed by atoms with E-state index in [-0.39, 0.29) is 27.6 Å². The third-order valence-electron chi connectivity index (χ3n) is 3.37. The Morgan fingerprint density at radius 1 is 0.656 bits per heavy atom. The molecule has 0 N–H and O–H groups in total. The van der Waals surface area contributed by atoms with E-state index in [9.17, 15) is 28.8 Å². The Bertz CT molecular complexity index is 949. The zero-order chi connectivity index (χ0) is 24.9. The van der Waals surface area contributed by atoms with Crippen molar-refractivity contribution in [3.8, 4) is 0 Å². The number of benzene rings is 1. The maximum atomic E-state index is 12.9. The minimum Gasteiger partial charge on any atom is -0.457 e. The molecule has 0 saturated carbocycles. The molecule has 0 unspecified atom stereocenters. The second kappa shape index (κ2) is 12.1. The summed E-state index contributed by atoms with van der Waals surface area (Å²) in [4.78, 5) is 81.9. The van der Waals surface area contributed by atoms with Crippen LogP contribution >= 0.6 is 67.8 Å². The van der Waals surface area contributed by atoms with E-state index in [1.54, 1.807) is 67.8 Å². The number of ether oxygens (including phenoxy) is 1. The molecule has 0 bridgehead atoms. The first-order valence-corrected chi connectivity index (χ1v) is 11.8. The lowest BCUT2D eigenvalue weighted by Crippen LogP contribution is -2.36. The molecule has 2 amide bonds. The molecule has 32 heavy (non-hydrogen) atoms. The van der Waals surface area contributed by atoms with Gasteiger partial charge in [-0.2, -0.15) is 0 Å². The summed E-state index contributed by atoms with van der Waals surface area (Å²) in [5.41, 5.74) is -0.0996. The fourth-order valence-electron chi connectivity index (χ4n) is 2.27. The maximum absolute atomic E-state index is 12.9. The molecule has 0 aromatic heterocycles. The number of halogens is 3. The van der Waals surface area contributed by atoms with Gasteiger partial charge in [0.25, 0.3) is 11.8 Å². The largest absolute Gasteiger partial charge is 0.457 e. The molecule has 0 radical (unpaired) electrons. The lowest BCUT2D eigenvalue weighted by atomic mass is 10.1. The van der Waals surface area contributed by atoms with Gasteiger partial charge in [-0.1, -0.05) is 0 Å². The molecule has 0 fully saturated rings. The number of ketones is 1. The molecular weight excluding hydrogens is 769 g/mol. The second-order valence-electron chi connectivity index (χ2n) is 6.01. The smallest absolute Gasteiger partial charge is 0.330 e. The average molecular weight is 786 g/mol. The highest BCUT2D eigenvalue weighted by Crippen LogP contribution is 2.43. The van der Waals surface area contributed by atoms with Crippen LogP contribution in [0.25, 0.3) is 0 Å². The molecule has 14 heteroatoms. The van der Waals surface area contributed by atoms with Gasteiger partial charge in [0.1, 0.15) is 11.4 Å². The molecule has 0 spiro atoms. The fraction of sp³-hybridized carbons (Fsp3) is 0.333. The van der Waals surface area contributed by atoms with Crippen LogP contribution in [-0.4, -0.2) is 42.1 Å². The van der Waals surface area contributed by atoms with Gasteiger partial charge in [0, 0.05) is 34.6 Å². The summed E-state index contributed by atoms with van der Waals surface area (Å²) in [6.07, 6.45) is 0. The molecule has 174 valence electrons. The van der Waals surface area contributed by atoms with Gasteiger partial charge < -0.3 is 14.4 Å². The highest BCUT2D eigenvalue weighted by molar-refractivity contribution is 14.1. The standard InChI is InChI=1S/C18H17I3N2O9/c1-7(24)22(31-10(4)27)17-14(19)13(12(29)6-30-9(3)26)15(20)18(16(17)21)23(8(2)25)32-11(5)28/h6H2,1-5H3. The van der Waals surface area contributed by atoms with Crippen molar-refractivity contribution in [2.45, 2.75) is 34.6 Å². The number of carbonyl (C=O) groups is 6. The molecule has 0 aliphatic carbocycles. The summed E-state index contributed by atoms with van der Waals surface area (Å²) in [6, 6.07) is 0. The number of hydrogen-bond donors (Lipinski definition) is 0. The average Bonchev–Trinajstić information content (AvgIpc) is 2.63. The number of hydroxylamine groups is 2. The van der Waals surface area contributed by atoms with Gasteiger partial charge in [-0.05, 0) is 67.8 Å². The Balaban J connectivity index is 4.02. The van der Waals surface area contributed by atoms with Crippen molar-refractivity contribution < 1.29 is 43.2 Å². The van der Waals surface area contributed by atoms with Gasteiger partial charge in [0.15, 0.2) is 6.61 Å². The number of carbonyl (C=O) groups excluding carboxylic acids is 6. The van der Waals surface area contributed by atoms with Crippen LogP contribution in [0, 0.1) is 10.7 Å². The minimum absolute atomic E-state index is 0.0327. The van der Waals surface area contributed by atoms with Crippen LogP contribution in [0.3, 0.4) is 0 Å². The number of amides is 2. The summed E-state index contributed by atoms with van der Waals surface area (Å²) in [5, 5.41) is 1.33. The van der Waals surface area contributed by atoms with Crippen molar-refractivity contribution in [2.75, 3.05) is 16.7 Å². The maximum Gasteiger partial charge on any atom is 0.330 e. The van der Waals surface area contributed by atoms with E-state index >= 15 is 0 Å². The number of Topliss-reactive ketones (excluding diaryl/α,β-unsaturated/α-hetero) is 1. The third-order valence-corrected chi connectivity index (χ3v) is 6.50. The SMILES string of the molecule is CC(=O)OCC(=O)c1c(I)c(N(OC(C)=O)C(C)=O)c(I)c(N(OC(C)=O)C(C)=O)c1I. The van der Waals surface area contributed by atoms with Gasteiger partial charge in [-0.25, -0.2) is 9.59 Å². The number of hydrogen-bond acceptors (Lipinski definition) is 9. The molecule has 0 saturated heterocycles. The number of rotatable bonds is 5. The van der Waals surface area contributed by atoms with Gasteiger partial charge in [-0.3, -0.25) is 19.2 Å². The monoisotopic (exact) mass is 786 g/mol. The van der Waals surface area contributed by atoms with Gasteiger partial charge >= 0.3 is 17.9 Å². The lowest BCUT2D eigenvalue weighted by Gasteiger charge is -2.28. The van der Waals surface area contributed by atoms with Crippen LogP contribution in [0.5, 0.6) is 0 Å². The highest BCUT2D eigenvalue weighted by atomic mass is 127. The molecule has 1 aromatic carbocycles. The van der Waals surface area contributed by atoms with Crippen molar-refractivity contribution in [2.24, 2.45) is 0 Å². The Morgan fingerprint density at radius 2 is 1.03 bits per heavy atom. The lowest BCUT2D eigenvalue weighted by molar-refractivity contribution is -0.147. The van der Waals surface area contributed by atoms with Crippen LogP contribution in [0.2, 0.25) is 0 Å². The van der Waals surface area contributed by atoms with Crippen LogP contribution in [0.15, 0.2) is 0 Å². The van der Waals surface area contributed by atoms with Gasteiger partial charge in [0.2, 0.25) is 5.78 Å². The van der Waals surface area contributed by atoms with Crippen molar-refractivity contribution in [3.63, 3.8) is 0 Å². The summed E-state index contributed by atoms with van der Waals surface area (Å²) in [7, 11) is 0. The second-order valence-corrected chi connectivity index (χ2v) is 9.25. The number of nitrogens with zero attached hydrogens (tertiary/aromatic N) is 2. The summed E-state index contributed by atoms with van der Waals surface area (Å²) in [5.74, 6) is -4.39. The molecule has 0 aliphatic rings. The van der Waals surface area contributed by atoms with Gasteiger partial charge in [0.05, 0.1) is 16.3 Å². The minimum atomic E-state index is -0.817. The summed E-state index contributed by atoms with van der Waals surface area (Å²) >= 11 is 5.33. The zero-order valence-electron chi connectivity index (χ0n) is 17.4. The molecular formula is C18H17I3N2O9. The Morgan fingerprint density at radius 3 is 1.31 bits per heavy atom. The number of esters is 1. The van der Waals surface area contributed by atoms with E-state index in [4.69, 9.17) is 14.4 Å². The predicted molar refractivity (Wildman–Crippen MR) is 135 cm³/mol. The quantitative estimate of drug-likeness (QED) is 0.191. The predicted octanol–water partition coefficient (Wildman–Crippen LogP) is 2.91. The van der Waals surface area contributed by atoms with Crippen molar-refractivity contribution in [1.82, 2.24) is 0 Å². The summed E-state index contributed by atoms with van der Waals surface area (Å²) < 4.78 is 5.33. The van der Waals surface area contributed by atoms with E-state index in [1.807, 2.05) is 0 Å². The first-order valence-electron chi connectivity index (χ1n) is 8.56. The summed E-state index contributed by atoms with van der Waals surface area (Å²) in [6.45, 7) is 4.92. The van der Waals surface area contributed by atoms with Crippen molar-refractivity contribution >= 4 is 115 Å². The Labute approximate surface area is 223 Å². The first kappa shape index (κ1) is 28.5. The van der Waals surface area contributed by atoms with Crippen LogP contribution in [0.4, 0.5) is 11.4 Å². The molecule has 1 rings (SSSR count).